The van der Waals surface area contributed by atoms with Crippen LogP contribution in [0.1, 0.15) is 10.6 Å². The second-order valence-electron chi connectivity index (χ2n) is 4.86. The van der Waals surface area contributed by atoms with Crippen molar-refractivity contribution in [2.45, 2.75) is 32.4 Å². The van der Waals surface area contributed by atoms with Gasteiger partial charge in [0.1, 0.15) is 6.73 Å². The molecule has 1 aromatic heterocycles. The number of carboxylic acids is 1. The largest absolute Gasteiger partial charge is 0.475 e. The molecule has 1 aromatic rings. The average molecular weight is 322 g/mol. The van der Waals surface area contributed by atoms with E-state index in [1.54, 1.807) is 0 Å². The van der Waals surface area contributed by atoms with Gasteiger partial charge in [-0.25, -0.2) is 9.48 Å². The Hall–Kier alpha value is -0.733. The Balaban J connectivity index is 2.49. The molecule has 96 valence electrons. The van der Waals surface area contributed by atoms with Crippen LogP contribution < -0.4 is 0 Å². The van der Waals surface area contributed by atoms with Crippen molar-refractivity contribution in [1.82, 2.24) is 14.8 Å². The number of aromatic nitrogens is 3. The molecule has 1 rings (SSSR count). The van der Waals surface area contributed by atoms with Gasteiger partial charge in [0.2, 0.25) is 10.6 Å². The first-order valence-corrected chi connectivity index (χ1v) is 9.71. The molecule has 0 aliphatic rings. The highest BCUT2D eigenvalue weighted by Crippen LogP contribution is 2.09. The molecule has 0 radical (unpaired) electrons. The summed E-state index contributed by atoms with van der Waals surface area (Å²) in [6.07, 6.45) is 0. The summed E-state index contributed by atoms with van der Waals surface area (Å²) in [6, 6.07) is 1.03. The lowest BCUT2D eigenvalue weighted by Crippen LogP contribution is -2.22. The van der Waals surface area contributed by atoms with E-state index in [1.807, 2.05) is 0 Å². The van der Waals surface area contributed by atoms with Crippen molar-refractivity contribution in [1.29, 1.82) is 0 Å². The Labute approximate surface area is 109 Å². The zero-order valence-corrected chi connectivity index (χ0v) is 12.7. The molecule has 0 aliphatic carbocycles. The molecule has 0 unspecified atom stereocenters. The van der Waals surface area contributed by atoms with Crippen LogP contribution in [0.4, 0.5) is 0 Å². The maximum absolute atomic E-state index is 10.8. The summed E-state index contributed by atoms with van der Waals surface area (Å²) in [5.74, 6) is -1.23. The van der Waals surface area contributed by atoms with Crippen LogP contribution in [0.25, 0.3) is 0 Å². The molecule has 1 N–H and O–H groups in total. The fourth-order valence-corrected chi connectivity index (χ4v) is 2.21. The normalized spacial score (nSPS) is 11.8. The number of carboxylic acid groups (broad SMARTS) is 1. The molecular weight excluding hydrogens is 306 g/mol. The lowest BCUT2D eigenvalue weighted by molar-refractivity contribution is 0.0581. The summed E-state index contributed by atoms with van der Waals surface area (Å²) in [7, 11) is -1.12. The number of hydrogen-bond donors (Lipinski definition) is 1. The number of hydrogen-bond acceptors (Lipinski definition) is 4. The highest BCUT2D eigenvalue weighted by atomic mass is 79.9. The zero-order chi connectivity index (χ0) is 13.1. The van der Waals surface area contributed by atoms with Gasteiger partial charge in [-0.1, -0.05) is 19.6 Å². The van der Waals surface area contributed by atoms with E-state index in [-0.39, 0.29) is 17.3 Å². The van der Waals surface area contributed by atoms with Crippen molar-refractivity contribution >= 4 is 30.0 Å². The van der Waals surface area contributed by atoms with Crippen molar-refractivity contribution in [2.75, 3.05) is 6.61 Å². The van der Waals surface area contributed by atoms with E-state index in [0.717, 1.165) is 6.04 Å². The third kappa shape index (κ3) is 4.96. The third-order valence-corrected chi connectivity index (χ3v) is 4.09. The van der Waals surface area contributed by atoms with E-state index < -0.39 is 14.0 Å². The summed E-state index contributed by atoms with van der Waals surface area (Å²) in [5, 5.41) is 12.8. The zero-order valence-electron chi connectivity index (χ0n) is 10.1. The Morgan fingerprint density at radius 3 is 2.71 bits per heavy atom. The first-order valence-electron chi connectivity index (χ1n) is 5.21. The molecule has 0 atom stereocenters. The second-order valence-corrected chi connectivity index (χ2v) is 11.2. The smallest absolute Gasteiger partial charge is 0.373 e. The van der Waals surface area contributed by atoms with Crippen molar-refractivity contribution in [3.63, 3.8) is 0 Å². The minimum absolute atomic E-state index is 0.116. The highest BCUT2D eigenvalue weighted by Gasteiger charge is 2.16. The fourth-order valence-electron chi connectivity index (χ4n) is 1.09. The monoisotopic (exact) mass is 321 g/mol. The van der Waals surface area contributed by atoms with Crippen molar-refractivity contribution in [3.8, 4) is 0 Å². The molecule has 0 aliphatic heterocycles. The van der Waals surface area contributed by atoms with Gasteiger partial charge in [0.05, 0.1) is 0 Å². The molecule has 0 bridgehead atoms. The topological polar surface area (TPSA) is 77.2 Å². The predicted octanol–water partition coefficient (Wildman–Crippen LogP) is 2.05. The van der Waals surface area contributed by atoms with Gasteiger partial charge in [-0.15, -0.1) is 5.10 Å². The average Bonchev–Trinajstić information content (AvgIpc) is 2.53. The van der Waals surface area contributed by atoms with Gasteiger partial charge in [-0.2, -0.15) is 4.98 Å². The van der Waals surface area contributed by atoms with Gasteiger partial charge in [-0.05, 0) is 22.0 Å². The summed E-state index contributed by atoms with van der Waals surface area (Å²) >= 11 is 3.04. The van der Waals surface area contributed by atoms with Crippen LogP contribution in [0.15, 0.2) is 4.73 Å². The van der Waals surface area contributed by atoms with E-state index in [2.05, 4.69) is 45.7 Å². The lowest BCUT2D eigenvalue weighted by atomic mass is 10.6. The molecule has 0 fully saturated rings. The van der Waals surface area contributed by atoms with Crippen LogP contribution in [0.5, 0.6) is 0 Å². The van der Waals surface area contributed by atoms with E-state index in [1.165, 1.54) is 4.68 Å². The van der Waals surface area contributed by atoms with Crippen molar-refractivity contribution in [3.05, 3.63) is 10.6 Å². The van der Waals surface area contributed by atoms with Crippen LogP contribution in [0.3, 0.4) is 0 Å². The standard InChI is InChI=1S/C9H16BrN3O3Si/c1-17(2,3)5-4-16-6-13-7(8(14)15)11-9(10)12-13/h4-6H2,1-3H3,(H,14,15). The number of aromatic carboxylic acids is 1. The van der Waals surface area contributed by atoms with E-state index in [4.69, 9.17) is 9.84 Å². The van der Waals surface area contributed by atoms with Crippen LogP contribution >= 0.6 is 15.9 Å². The number of carbonyl (C=O) groups is 1. The van der Waals surface area contributed by atoms with Gasteiger partial charge in [0.25, 0.3) is 0 Å². The summed E-state index contributed by atoms with van der Waals surface area (Å²) in [6.45, 7) is 7.50. The molecule has 6 nitrogen and oxygen atoms in total. The molecule has 8 heteroatoms. The molecule has 1 heterocycles. The maximum Gasteiger partial charge on any atom is 0.373 e. The SMILES string of the molecule is C[Si](C)(C)CCOCn1nc(Br)nc1C(=O)O. The lowest BCUT2D eigenvalue weighted by Gasteiger charge is -2.15. The van der Waals surface area contributed by atoms with Crippen LogP contribution in [0, 0.1) is 0 Å². The molecule has 0 saturated heterocycles. The fraction of sp³-hybridized carbons (Fsp3) is 0.667. The molecule has 0 saturated carbocycles. The van der Waals surface area contributed by atoms with E-state index in [9.17, 15) is 4.79 Å². The van der Waals surface area contributed by atoms with Gasteiger partial charge in [-0.3, -0.25) is 0 Å². The van der Waals surface area contributed by atoms with Gasteiger partial charge in [0.15, 0.2) is 0 Å². The van der Waals surface area contributed by atoms with Crippen LogP contribution in [0.2, 0.25) is 25.7 Å². The summed E-state index contributed by atoms with van der Waals surface area (Å²) in [5.41, 5.74) is 0. The molecule has 0 spiro atoms. The van der Waals surface area contributed by atoms with Crippen LogP contribution in [-0.2, 0) is 11.5 Å². The van der Waals surface area contributed by atoms with Gasteiger partial charge in [0, 0.05) is 14.7 Å². The molecule has 17 heavy (non-hydrogen) atoms. The minimum atomic E-state index is -1.12. The first kappa shape index (κ1) is 14.3. The Kier molecular flexibility index (Phi) is 4.84. The number of nitrogens with zero attached hydrogens (tertiary/aromatic N) is 3. The van der Waals surface area contributed by atoms with E-state index >= 15 is 0 Å². The summed E-state index contributed by atoms with van der Waals surface area (Å²) < 4.78 is 6.90. The number of rotatable bonds is 6. The number of ether oxygens (including phenoxy) is 1. The van der Waals surface area contributed by atoms with Gasteiger partial charge >= 0.3 is 5.97 Å². The Morgan fingerprint density at radius 1 is 1.53 bits per heavy atom. The second kappa shape index (κ2) is 5.74. The van der Waals surface area contributed by atoms with Crippen molar-refractivity contribution < 1.29 is 14.6 Å². The van der Waals surface area contributed by atoms with Crippen molar-refractivity contribution in [2.24, 2.45) is 0 Å². The molecular formula is C9H16BrN3O3Si. The van der Waals surface area contributed by atoms with Gasteiger partial charge < -0.3 is 9.84 Å². The van der Waals surface area contributed by atoms with E-state index in [0.29, 0.717) is 6.61 Å². The Morgan fingerprint density at radius 2 is 2.18 bits per heavy atom. The first-order chi connectivity index (χ1) is 7.79. The number of halogens is 1. The third-order valence-electron chi connectivity index (χ3n) is 2.05. The minimum Gasteiger partial charge on any atom is -0.475 e. The quantitative estimate of drug-likeness (QED) is 0.641. The molecule has 0 amide bonds. The maximum atomic E-state index is 10.8. The molecule has 0 aromatic carbocycles. The Bertz CT molecular complexity index is 403. The highest BCUT2D eigenvalue weighted by molar-refractivity contribution is 9.10. The van der Waals surface area contributed by atoms with Crippen LogP contribution in [-0.4, -0.2) is 40.5 Å². The predicted molar refractivity (Wildman–Crippen MR) is 68.8 cm³/mol. The summed E-state index contributed by atoms with van der Waals surface area (Å²) in [4.78, 5) is 14.6.